The summed E-state index contributed by atoms with van der Waals surface area (Å²) in [5, 5.41) is 2.64. The van der Waals surface area contributed by atoms with Crippen LogP contribution < -0.4 is 10.5 Å². The quantitative estimate of drug-likeness (QED) is 0.903. The third-order valence-corrected chi connectivity index (χ3v) is 3.90. The molecule has 2 N–H and O–H groups in total. The molecular weight excluding hydrogens is 264 g/mol. The lowest BCUT2D eigenvalue weighted by molar-refractivity contribution is 0.132. The molecule has 2 unspecified atom stereocenters. The first kappa shape index (κ1) is 10.4. The monoisotopic (exact) mass is 276 g/mol. The molecule has 0 bridgehead atoms. The van der Waals surface area contributed by atoms with Crippen LogP contribution >= 0.6 is 27.3 Å². The first-order valence-corrected chi connectivity index (χ1v) is 6.46. The van der Waals surface area contributed by atoms with E-state index in [1.807, 2.05) is 5.38 Å². The van der Waals surface area contributed by atoms with Crippen molar-refractivity contribution in [2.24, 2.45) is 5.73 Å². The van der Waals surface area contributed by atoms with Gasteiger partial charge in [-0.2, -0.15) is 4.98 Å². The van der Waals surface area contributed by atoms with E-state index < -0.39 is 0 Å². The van der Waals surface area contributed by atoms with E-state index in [-0.39, 0.29) is 12.1 Å². The lowest BCUT2D eigenvalue weighted by atomic mass is 9.93. The predicted octanol–water partition coefficient (Wildman–Crippen LogP) is 2.55. The molecule has 1 heterocycles. The Balaban J connectivity index is 1.95. The van der Waals surface area contributed by atoms with Gasteiger partial charge in [-0.3, -0.25) is 0 Å². The van der Waals surface area contributed by atoms with Gasteiger partial charge in [0, 0.05) is 11.4 Å². The summed E-state index contributed by atoms with van der Waals surface area (Å²) in [6.07, 6.45) is 4.71. The number of nitrogens with zero attached hydrogens (tertiary/aromatic N) is 1. The molecule has 0 radical (unpaired) electrons. The Morgan fingerprint density at radius 2 is 2.29 bits per heavy atom. The van der Waals surface area contributed by atoms with E-state index in [9.17, 15) is 0 Å². The van der Waals surface area contributed by atoms with Gasteiger partial charge in [-0.25, -0.2) is 0 Å². The maximum absolute atomic E-state index is 5.97. The van der Waals surface area contributed by atoms with Crippen LogP contribution in [0.1, 0.15) is 25.7 Å². The summed E-state index contributed by atoms with van der Waals surface area (Å²) in [5.41, 5.74) is 5.97. The van der Waals surface area contributed by atoms with Crippen LogP contribution in [-0.4, -0.2) is 17.1 Å². The highest BCUT2D eigenvalue weighted by Crippen LogP contribution is 2.26. The number of hydrogen-bond donors (Lipinski definition) is 1. The van der Waals surface area contributed by atoms with Crippen molar-refractivity contribution in [1.82, 2.24) is 4.98 Å². The molecule has 0 aliphatic heterocycles. The molecule has 1 aromatic heterocycles. The zero-order valence-corrected chi connectivity index (χ0v) is 10.2. The van der Waals surface area contributed by atoms with Gasteiger partial charge in [0.2, 0.25) is 0 Å². The Bertz CT molecular complexity index is 305. The number of hydrogen-bond acceptors (Lipinski definition) is 4. The van der Waals surface area contributed by atoms with Crippen molar-refractivity contribution in [1.29, 1.82) is 0 Å². The maximum atomic E-state index is 5.97. The molecule has 2 rings (SSSR count). The van der Waals surface area contributed by atoms with Gasteiger partial charge in [0.05, 0.1) is 0 Å². The lowest BCUT2D eigenvalue weighted by Gasteiger charge is -2.27. The average Bonchev–Trinajstić information content (AvgIpc) is 2.56. The molecule has 0 amide bonds. The highest BCUT2D eigenvalue weighted by molar-refractivity contribution is 9.10. The summed E-state index contributed by atoms with van der Waals surface area (Å²) in [6.45, 7) is 0. The smallest absolute Gasteiger partial charge is 0.274 e. The fraction of sp³-hybridized carbons (Fsp3) is 0.667. The lowest BCUT2D eigenvalue weighted by Crippen LogP contribution is -2.41. The zero-order chi connectivity index (χ0) is 9.97. The van der Waals surface area contributed by atoms with Crippen LogP contribution in [0.15, 0.2) is 9.98 Å². The first-order chi connectivity index (χ1) is 6.75. The second-order valence-electron chi connectivity index (χ2n) is 3.54. The molecular formula is C9H13BrN2OS. The van der Waals surface area contributed by atoms with Crippen LogP contribution in [0.3, 0.4) is 0 Å². The maximum Gasteiger partial charge on any atom is 0.274 e. The molecule has 0 spiro atoms. The van der Waals surface area contributed by atoms with E-state index in [2.05, 4.69) is 20.9 Å². The molecule has 1 fully saturated rings. The second-order valence-corrected chi connectivity index (χ2v) is 5.17. The van der Waals surface area contributed by atoms with Gasteiger partial charge in [-0.05, 0) is 35.2 Å². The van der Waals surface area contributed by atoms with Crippen LogP contribution in [-0.2, 0) is 0 Å². The van der Waals surface area contributed by atoms with E-state index in [0.29, 0.717) is 0 Å². The Morgan fingerprint density at radius 1 is 1.50 bits per heavy atom. The van der Waals surface area contributed by atoms with Crippen LogP contribution in [0.25, 0.3) is 0 Å². The fourth-order valence-corrected chi connectivity index (χ4v) is 2.83. The summed E-state index contributed by atoms with van der Waals surface area (Å²) in [7, 11) is 0. The average molecular weight is 277 g/mol. The summed E-state index contributed by atoms with van der Waals surface area (Å²) < 4.78 is 6.58. The molecule has 3 nitrogen and oxygen atoms in total. The van der Waals surface area contributed by atoms with Gasteiger partial charge in [0.15, 0.2) is 0 Å². The molecule has 14 heavy (non-hydrogen) atoms. The highest BCUT2D eigenvalue weighted by Gasteiger charge is 2.24. The predicted molar refractivity (Wildman–Crippen MR) is 60.7 cm³/mol. The minimum absolute atomic E-state index is 0.154. The third kappa shape index (κ3) is 2.46. The van der Waals surface area contributed by atoms with Crippen LogP contribution in [0.4, 0.5) is 0 Å². The van der Waals surface area contributed by atoms with E-state index in [4.69, 9.17) is 10.5 Å². The number of rotatable bonds is 2. The van der Waals surface area contributed by atoms with Crippen molar-refractivity contribution >= 4 is 27.3 Å². The minimum Gasteiger partial charge on any atom is -0.465 e. The first-order valence-electron chi connectivity index (χ1n) is 4.79. The summed E-state index contributed by atoms with van der Waals surface area (Å²) >= 11 is 4.81. The van der Waals surface area contributed by atoms with Crippen molar-refractivity contribution in [3.05, 3.63) is 9.98 Å². The van der Waals surface area contributed by atoms with Crippen molar-refractivity contribution in [2.45, 2.75) is 37.8 Å². The van der Waals surface area contributed by atoms with Gasteiger partial charge in [0.25, 0.3) is 5.19 Å². The van der Waals surface area contributed by atoms with Gasteiger partial charge in [-0.15, -0.1) is 0 Å². The fourth-order valence-electron chi connectivity index (χ4n) is 1.69. The third-order valence-electron chi connectivity index (χ3n) is 2.46. The molecule has 1 aromatic rings. The van der Waals surface area contributed by atoms with Gasteiger partial charge in [-0.1, -0.05) is 17.8 Å². The SMILES string of the molecule is NC1CCCCC1Oc1nc(Br)cs1. The van der Waals surface area contributed by atoms with Crippen molar-refractivity contribution in [2.75, 3.05) is 0 Å². The van der Waals surface area contributed by atoms with Crippen LogP contribution in [0.5, 0.6) is 5.19 Å². The summed E-state index contributed by atoms with van der Waals surface area (Å²) in [4.78, 5) is 4.20. The normalized spacial score (nSPS) is 27.6. The molecule has 2 atom stereocenters. The van der Waals surface area contributed by atoms with Crippen LogP contribution in [0, 0.1) is 0 Å². The molecule has 5 heteroatoms. The van der Waals surface area contributed by atoms with E-state index in [1.54, 1.807) is 0 Å². The van der Waals surface area contributed by atoms with Gasteiger partial charge >= 0.3 is 0 Å². The Kier molecular flexibility index (Phi) is 3.41. The number of halogens is 1. The van der Waals surface area contributed by atoms with E-state index >= 15 is 0 Å². The topological polar surface area (TPSA) is 48.1 Å². The summed E-state index contributed by atoms with van der Waals surface area (Å²) in [5.74, 6) is 0. The number of thiazole rings is 1. The van der Waals surface area contributed by atoms with E-state index in [1.165, 1.54) is 24.2 Å². The van der Waals surface area contributed by atoms with Crippen LogP contribution in [0.2, 0.25) is 0 Å². The van der Waals surface area contributed by atoms with E-state index in [0.717, 1.165) is 22.6 Å². The Morgan fingerprint density at radius 3 is 2.93 bits per heavy atom. The zero-order valence-electron chi connectivity index (χ0n) is 7.78. The largest absolute Gasteiger partial charge is 0.465 e. The van der Waals surface area contributed by atoms with Crippen molar-refractivity contribution in [3.63, 3.8) is 0 Å². The molecule has 1 saturated carbocycles. The van der Waals surface area contributed by atoms with Gasteiger partial charge in [0.1, 0.15) is 10.7 Å². The number of nitrogens with two attached hydrogens (primary N) is 1. The number of ether oxygens (including phenoxy) is 1. The molecule has 1 aliphatic rings. The molecule has 1 aliphatic carbocycles. The van der Waals surface area contributed by atoms with Crippen molar-refractivity contribution in [3.8, 4) is 5.19 Å². The van der Waals surface area contributed by atoms with Crippen molar-refractivity contribution < 1.29 is 4.74 Å². The Labute approximate surface area is 95.8 Å². The second kappa shape index (κ2) is 4.59. The summed E-state index contributed by atoms with van der Waals surface area (Å²) in [6, 6.07) is 0.173. The molecule has 0 aromatic carbocycles. The standard InChI is InChI=1S/C9H13BrN2OS/c10-8-5-14-9(12-8)13-7-4-2-1-3-6(7)11/h5-7H,1-4,11H2. The highest BCUT2D eigenvalue weighted by atomic mass is 79.9. The number of aromatic nitrogens is 1. The Hall–Kier alpha value is -0.130. The minimum atomic E-state index is 0.154. The molecule has 0 saturated heterocycles. The molecule has 78 valence electrons. The van der Waals surface area contributed by atoms with Gasteiger partial charge < -0.3 is 10.5 Å².